The number of aromatic nitrogens is 2. The number of rotatable bonds is 5. The Hall–Kier alpha value is -0.870. The number of nitrogens with zero attached hydrogens (tertiary/aromatic N) is 3. The maximum atomic E-state index is 4.54. The van der Waals surface area contributed by atoms with Gasteiger partial charge in [-0.2, -0.15) is 5.10 Å². The number of piperazine rings is 1. The number of hydrogen-bond acceptors (Lipinski definition) is 3. The Labute approximate surface area is 117 Å². The summed E-state index contributed by atoms with van der Waals surface area (Å²) in [6, 6.07) is 2.89. The van der Waals surface area contributed by atoms with Gasteiger partial charge in [0.2, 0.25) is 0 Å². The van der Waals surface area contributed by atoms with Crippen molar-refractivity contribution in [1.29, 1.82) is 0 Å². The molecule has 2 unspecified atom stereocenters. The minimum absolute atomic E-state index is 0.637. The van der Waals surface area contributed by atoms with Crippen molar-refractivity contribution in [1.82, 2.24) is 20.0 Å². The summed E-state index contributed by atoms with van der Waals surface area (Å²) in [5.41, 5.74) is 2.53. The lowest BCUT2D eigenvalue weighted by atomic mass is 9.97. The van der Waals surface area contributed by atoms with Crippen LogP contribution in [0.3, 0.4) is 0 Å². The number of nitrogens with one attached hydrogen (secondary N) is 1. The molecule has 1 aromatic heterocycles. The molecule has 1 aliphatic rings. The molecule has 108 valence electrons. The van der Waals surface area contributed by atoms with Gasteiger partial charge in [0.25, 0.3) is 0 Å². The fourth-order valence-electron chi connectivity index (χ4n) is 2.77. The van der Waals surface area contributed by atoms with E-state index >= 15 is 0 Å². The molecule has 4 heteroatoms. The number of aryl methyl sites for hydroxylation is 2. The van der Waals surface area contributed by atoms with E-state index < -0.39 is 0 Å². The van der Waals surface area contributed by atoms with Crippen LogP contribution in [0.25, 0.3) is 0 Å². The van der Waals surface area contributed by atoms with Crippen LogP contribution >= 0.6 is 0 Å². The summed E-state index contributed by atoms with van der Waals surface area (Å²) in [5, 5.41) is 8.19. The summed E-state index contributed by atoms with van der Waals surface area (Å²) >= 11 is 0. The van der Waals surface area contributed by atoms with E-state index in [1.807, 2.05) is 4.68 Å². The van der Waals surface area contributed by atoms with Crippen molar-refractivity contribution in [3.63, 3.8) is 0 Å². The summed E-state index contributed by atoms with van der Waals surface area (Å²) in [5.74, 6) is 0.751. The lowest BCUT2D eigenvalue weighted by Gasteiger charge is -2.36. The van der Waals surface area contributed by atoms with Crippen LogP contribution in [0.2, 0.25) is 0 Å². The molecule has 19 heavy (non-hydrogen) atoms. The molecular formula is C15H28N4. The molecule has 0 saturated carbocycles. The zero-order valence-electron chi connectivity index (χ0n) is 12.8. The molecule has 1 aliphatic heterocycles. The minimum Gasteiger partial charge on any atom is -0.311 e. The maximum Gasteiger partial charge on any atom is 0.0625 e. The summed E-state index contributed by atoms with van der Waals surface area (Å²) in [6.45, 7) is 11.2. The Bertz CT molecular complexity index is 399. The fraction of sp³-hybridized carbons (Fsp3) is 0.800. The van der Waals surface area contributed by atoms with E-state index in [4.69, 9.17) is 0 Å². The Balaban J connectivity index is 1.96. The Morgan fingerprint density at radius 1 is 1.47 bits per heavy atom. The quantitative estimate of drug-likeness (QED) is 0.880. The SMILES string of the molecule is CCc1cc(CN2CCNC(C(C)CC)C2)n(C)n1. The molecule has 1 aromatic rings. The van der Waals surface area contributed by atoms with Crippen molar-refractivity contribution in [2.75, 3.05) is 19.6 Å². The largest absolute Gasteiger partial charge is 0.311 e. The predicted molar refractivity (Wildman–Crippen MR) is 79.1 cm³/mol. The highest BCUT2D eigenvalue weighted by atomic mass is 15.3. The van der Waals surface area contributed by atoms with Gasteiger partial charge in [0.1, 0.15) is 0 Å². The van der Waals surface area contributed by atoms with Crippen LogP contribution in [-0.4, -0.2) is 40.4 Å². The second kappa shape index (κ2) is 6.53. The van der Waals surface area contributed by atoms with Crippen LogP contribution in [0.15, 0.2) is 6.07 Å². The lowest BCUT2D eigenvalue weighted by molar-refractivity contribution is 0.159. The van der Waals surface area contributed by atoms with E-state index in [1.54, 1.807) is 0 Å². The molecule has 2 heterocycles. The molecule has 2 atom stereocenters. The molecule has 0 radical (unpaired) electrons. The van der Waals surface area contributed by atoms with Crippen LogP contribution in [-0.2, 0) is 20.0 Å². The van der Waals surface area contributed by atoms with Crippen LogP contribution in [0.5, 0.6) is 0 Å². The van der Waals surface area contributed by atoms with Crippen LogP contribution in [0, 0.1) is 5.92 Å². The first-order valence-corrected chi connectivity index (χ1v) is 7.61. The number of hydrogen-bond donors (Lipinski definition) is 1. The summed E-state index contributed by atoms with van der Waals surface area (Å²) in [7, 11) is 2.06. The van der Waals surface area contributed by atoms with Crippen LogP contribution in [0.4, 0.5) is 0 Å². The molecule has 1 saturated heterocycles. The monoisotopic (exact) mass is 264 g/mol. The topological polar surface area (TPSA) is 33.1 Å². The molecular weight excluding hydrogens is 236 g/mol. The molecule has 0 amide bonds. The minimum atomic E-state index is 0.637. The molecule has 0 aliphatic carbocycles. The van der Waals surface area contributed by atoms with Gasteiger partial charge in [-0.1, -0.05) is 27.2 Å². The van der Waals surface area contributed by atoms with Gasteiger partial charge in [-0.15, -0.1) is 0 Å². The summed E-state index contributed by atoms with van der Waals surface area (Å²) < 4.78 is 2.04. The van der Waals surface area contributed by atoms with Crippen molar-refractivity contribution in [3.8, 4) is 0 Å². The zero-order chi connectivity index (χ0) is 13.8. The van der Waals surface area contributed by atoms with E-state index in [9.17, 15) is 0 Å². The molecule has 0 spiro atoms. The highest BCUT2D eigenvalue weighted by Gasteiger charge is 2.23. The smallest absolute Gasteiger partial charge is 0.0625 e. The average Bonchev–Trinajstić information content (AvgIpc) is 2.79. The third kappa shape index (κ3) is 3.57. The molecule has 4 nitrogen and oxygen atoms in total. The average molecular weight is 264 g/mol. The second-order valence-corrected chi connectivity index (χ2v) is 5.79. The Kier molecular flexibility index (Phi) is 4.99. The van der Waals surface area contributed by atoms with Crippen molar-refractivity contribution in [2.24, 2.45) is 13.0 Å². The van der Waals surface area contributed by atoms with E-state index in [0.29, 0.717) is 6.04 Å². The molecule has 2 rings (SSSR count). The van der Waals surface area contributed by atoms with E-state index in [1.165, 1.54) is 17.8 Å². The standard InChI is InChI=1S/C15H28N4/c1-5-12(3)15-11-19(8-7-16-15)10-14-9-13(6-2)17-18(14)4/h9,12,15-16H,5-8,10-11H2,1-4H3. The fourth-order valence-corrected chi connectivity index (χ4v) is 2.77. The first-order chi connectivity index (χ1) is 9.13. The van der Waals surface area contributed by atoms with Gasteiger partial charge in [-0.25, -0.2) is 0 Å². The first kappa shape index (κ1) is 14.5. The maximum absolute atomic E-state index is 4.54. The third-order valence-electron chi connectivity index (χ3n) is 4.40. The van der Waals surface area contributed by atoms with Crippen LogP contribution in [0.1, 0.15) is 38.6 Å². The summed E-state index contributed by atoms with van der Waals surface area (Å²) in [4.78, 5) is 2.56. The van der Waals surface area contributed by atoms with Gasteiger partial charge in [0.05, 0.1) is 11.4 Å². The normalized spacial score (nSPS) is 22.6. The molecule has 1 fully saturated rings. The van der Waals surface area contributed by atoms with Gasteiger partial charge >= 0.3 is 0 Å². The van der Waals surface area contributed by atoms with Gasteiger partial charge in [-0.3, -0.25) is 9.58 Å². The predicted octanol–water partition coefficient (Wildman–Crippen LogP) is 1.80. The van der Waals surface area contributed by atoms with Gasteiger partial charge in [-0.05, 0) is 18.4 Å². The first-order valence-electron chi connectivity index (χ1n) is 7.61. The van der Waals surface area contributed by atoms with Crippen molar-refractivity contribution in [2.45, 2.75) is 46.2 Å². The molecule has 0 aromatic carbocycles. The van der Waals surface area contributed by atoms with Crippen molar-refractivity contribution < 1.29 is 0 Å². The molecule has 1 N–H and O–H groups in total. The van der Waals surface area contributed by atoms with E-state index in [-0.39, 0.29) is 0 Å². The van der Waals surface area contributed by atoms with Gasteiger partial charge in [0.15, 0.2) is 0 Å². The van der Waals surface area contributed by atoms with Crippen LogP contribution < -0.4 is 5.32 Å². The highest BCUT2D eigenvalue weighted by Crippen LogP contribution is 2.15. The van der Waals surface area contributed by atoms with Crippen molar-refractivity contribution in [3.05, 3.63) is 17.5 Å². The summed E-state index contributed by atoms with van der Waals surface area (Å²) in [6.07, 6.45) is 2.27. The van der Waals surface area contributed by atoms with Gasteiger partial charge < -0.3 is 5.32 Å². The Morgan fingerprint density at radius 3 is 2.89 bits per heavy atom. The lowest BCUT2D eigenvalue weighted by Crippen LogP contribution is -2.52. The van der Waals surface area contributed by atoms with Gasteiger partial charge in [0, 0.05) is 39.3 Å². The Morgan fingerprint density at radius 2 is 2.26 bits per heavy atom. The highest BCUT2D eigenvalue weighted by molar-refractivity contribution is 5.10. The van der Waals surface area contributed by atoms with E-state index in [0.717, 1.165) is 38.5 Å². The second-order valence-electron chi connectivity index (χ2n) is 5.79. The van der Waals surface area contributed by atoms with E-state index in [2.05, 4.69) is 49.2 Å². The van der Waals surface area contributed by atoms with Crippen molar-refractivity contribution >= 4 is 0 Å². The molecule has 0 bridgehead atoms. The third-order valence-corrected chi connectivity index (χ3v) is 4.40. The zero-order valence-corrected chi connectivity index (χ0v) is 12.8.